The molecule has 0 amide bonds. The van der Waals surface area contributed by atoms with Crippen molar-refractivity contribution in [3.05, 3.63) is 0 Å². The summed E-state index contributed by atoms with van der Waals surface area (Å²) in [6.07, 6.45) is -4.44. The van der Waals surface area contributed by atoms with Crippen LogP contribution in [0.25, 0.3) is 0 Å². The molecule has 0 radical (unpaired) electrons. The summed E-state index contributed by atoms with van der Waals surface area (Å²) in [7, 11) is 1.50. The number of halogens is 3. The van der Waals surface area contributed by atoms with Crippen molar-refractivity contribution in [1.82, 2.24) is 0 Å². The Bertz CT molecular complexity index is 116. The molecule has 0 aromatic carbocycles. The van der Waals surface area contributed by atoms with Gasteiger partial charge in [-0.15, -0.1) is 0 Å². The number of nitrogens with two attached hydrogens (primary N) is 1. The first-order valence-electron chi connectivity index (χ1n) is 3.77. The number of hydrogen-bond acceptors (Lipinski definition) is 2. The molecule has 0 heterocycles. The summed E-state index contributed by atoms with van der Waals surface area (Å²) in [4.78, 5) is 0. The van der Waals surface area contributed by atoms with Gasteiger partial charge in [0.25, 0.3) is 0 Å². The molecule has 0 saturated carbocycles. The molecule has 0 saturated heterocycles. The largest absolute Gasteiger partial charge is 0.389 e. The van der Waals surface area contributed by atoms with Crippen molar-refractivity contribution in [3.63, 3.8) is 0 Å². The second kappa shape index (κ2) is 5.37. The predicted molar refractivity (Wildman–Crippen MR) is 39.8 cm³/mol. The Labute approximate surface area is 69.9 Å². The van der Waals surface area contributed by atoms with E-state index >= 15 is 0 Å². The molecule has 0 spiro atoms. The highest BCUT2D eigenvalue weighted by Crippen LogP contribution is 2.22. The van der Waals surface area contributed by atoms with Crippen LogP contribution in [0.4, 0.5) is 13.2 Å². The molecule has 0 aliphatic heterocycles. The van der Waals surface area contributed by atoms with Crippen LogP contribution in [0.15, 0.2) is 0 Å². The van der Waals surface area contributed by atoms with Gasteiger partial charge in [-0.2, -0.15) is 13.2 Å². The van der Waals surface area contributed by atoms with Gasteiger partial charge in [-0.25, -0.2) is 0 Å². The highest BCUT2D eigenvalue weighted by atomic mass is 19.4. The zero-order valence-electron chi connectivity index (χ0n) is 7.03. The fourth-order valence-electron chi connectivity index (χ4n) is 0.763. The van der Waals surface area contributed by atoms with Crippen LogP contribution in [-0.2, 0) is 4.74 Å². The van der Waals surface area contributed by atoms with Crippen molar-refractivity contribution in [2.75, 3.05) is 13.7 Å². The molecule has 74 valence electrons. The molecule has 1 unspecified atom stereocenters. The minimum atomic E-state index is -4.09. The van der Waals surface area contributed by atoms with Gasteiger partial charge in [0, 0.05) is 26.2 Å². The summed E-state index contributed by atoms with van der Waals surface area (Å²) in [6, 6.07) is -0.411. The zero-order valence-corrected chi connectivity index (χ0v) is 7.03. The van der Waals surface area contributed by atoms with Gasteiger partial charge in [0.05, 0.1) is 0 Å². The maximum absolute atomic E-state index is 11.7. The molecular formula is C7H14F3NO. The zero-order chi connectivity index (χ0) is 9.61. The molecule has 0 fully saturated rings. The monoisotopic (exact) mass is 185 g/mol. The van der Waals surface area contributed by atoms with Crippen molar-refractivity contribution in [2.45, 2.75) is 31.5 Å². The van der Waals surface area contributed by atoms with E-state index in [-0.39, 0.29) is 6.42 Å². The molecular weight excluding hydrogens is 171 g/mol. The van der Waals surface area contributed by atoms with E-state index < -0.39 is 18.6 Å². The van der Waals surface area contributed by atoms with Gasteiger partial charge in [0.1, 0.15) is 0 Å². The third kappa shape index (κ3) is 7.81. The Morgan fingerprint density at radius 2 is 1.92 bits per heavy atom. The summed E-state index contributed by atoms with van der Waals surface area (Å²) in [6.45, 7) is 0.416. The second-order valence-electron chi connectivity index (χ2n) is 2.70. The molecule has 0 aromatic rings. The molecule has 1 atom stereocenters. The van der Waals surface area contributed by atoms with Gasteiger partial charge in [-0.3, -0.25) is 0 Å². The van der Waals surface area contributed by atoms with Gasteiger partial charge in [0.15, 0.2) is 0 Å². The van der Waals surface area contributed by atoms with E-state index in [2.05, 4.69) is 4.74 Å². The van der Waals surface area contributed by atoms with E-state index in [1.165, 1.54) is 7.11 Å². The average Bonchev–Trinajstić information content (AvgIpc) is 1.95. The van der Waals surface area contributed by atoms with Crippen LogP contribution >= 0.6 is 0 Å². The fourth-order valence-corrected chi connectivity index (χ4v) is 0.763. The lowest BCUT2D eigenvalue weighted by molar-refractivity contribution is -0.136. The van der Waals surface area contributed by atoms with E-state index in [1.807, 2.05) is 0 Å². The first-order valence-corrected chi connectivity index (χ1v) is 3.77. The molecule has 0 aliphatic rings. The SMILES string of the molecule is COCCC(N)CCC(F)(F)F. The number of methoxy groups -OCH3 is 1. The Kier molecular flexibility index (Phi) is 5.24. The minimum Gasteiger partial charge on any atom is -0.385 e. The minimum absolute atomic E-state index is 0.0210. The van der Waals surface area contributed by atoms with Gasteiger partial charge in [0.2, 0.25) is 0 Å². The fraction of sp³-hybridized carbons (Fsp3) is 1.00. The first-order chi connectivity index (χ1) is 5.45. The second-order valence-corrected chi connectivity index (χ2v) is 2.70. The molecule has 2 nitrogen and oxygen atoms in total. The van der Waals surface area contributed by atoms with E-state index in [4.69, 9.17) is 5.73 Å². The lowest BCUT2D eigenvalue weighted by atomic mass is 10.1. The number of rotatable bonds is 5. The summed E-state index contributed by atoms with van der Waals surface area (Å²) in [5.74, 6) is 0. The molecule has 5 heteroatoms. The highest BCUT2D eigenvalue weighted by molar-refractivity contribution is 4.63. The Morgan fingerprint density at radius 3 is 2.33 bits per heavy atom. The van der Waals surface area contributed by atoms with Crippen LogP contribution in [0, 0.1) is 0 Å². The number of ether oxygens (including phenoxy) is 1. The van der Waals surface area contributed by atoms with E-state index in [0.29, 0.717) is 13.0 Å². The van der Waals surface area contributed by atoms with Crippen molar-refractivity contribution >= 4 is 0 Å². The Hall–Kier alpha value is -0.290. The highest BCUT2D eigenvalue weighted by Gasteiger charge is 2.27. The van der Waals surface area contributed by atoms with E-state index in [9.17, 15) is 13.2 Å². The van der Waals surface area contributed by atoms with Crippen LogP contribution < -0.4 is 5.73 Å². The summed E-state index contributed by atoms with van der Waals surface area (Å²) in [5, 5.41) is 0. The summed E-state index contributed by atoms with van der Waals surface area (Å²) in [5.41, 5.74) is 5.39. The molecule has 0 aromatic heterocycles. The lowest BCUT2D eigenvalue weighted by Gasteiger charge is -2.12. The number of alkyl halides is 3. The van der Waals surface area contributed by atoms with Gasteiger partial charge in [-0.05, 0) is 12.8 Å². The lowest BCUT2D eigenvalue weighted by Crippen LogP contribution is -2.24. The first kappa shape index (κ1) is 11.7. The molecule has 2 N–H and O–H groups in total. The molecule has 0 aliphatic carbocycles. The molecule has 0 bridgehead atoms. The van der Waals surface area contributed by atoms with E-state index in [1.54, 1.807) is 0 Å². The van der Waals surface area contributed by atoms with Gasteiger partial charge >= 0.3 is 6.18 Å². The van der Waals surface area contributed by atoms with Crippen LogP contribution in [0.3, 0.4) is 0 Å². The van der Waals surface area contributed by atoms with Crippen LogP contribution in [0.1, 0.15) is 19.3 Å². The standard InChI is InChI=1S/C7H14F3NO/c1-12-5-3-6(11)2-4-7(8,9)10/h6H,2-5,11H2,1H3. The van der Waals surface area contributed by atoms with Gasteiger partial charge < -0.3 is 10.5 Å². The maximum atomic E-state index is 11.7. The summed E-state index contributed by atoms with van der Waals surface area (Å²) < 4.78 is 39.6. The van der Waals surface area contributed by atoms with Crippen LogP contribution in [-0.4, -0.2) is 25.9 Å². The van der Waals surface area contributed by atoms with Crippen molar-refractivity contribution in [2.24, 2.45) is 5.73 Å². The molecule has 0 rings (SSSR count). The Morgan fingerprint density at radius 1 is 1.33 bits per heavy atom. The van der Waals surface area contributed by atoms with Crippen LogP contribution in [0.2, 0.25) is 0 Å². The smallest absolute Gasteiger partial charge is 0.385 e. The predicted octanol–water partition coefficient (Wildman–Crippen LogP) is 1.69. The average molecular weight is 185 g/mol. The maximum Gasteiger partial charge on any atom is 0.389 e. The quantitative estimate of drug-likeness (QED) is 0.707. The van der Waals surface area contributed by atoms with E-state index in [0.717, 1.165) is 0 Å². The normalized spacial score (nSPS) is 14.8. The van der Waals surface area contributed by atoms with Crippen molar-refractivity contribution in [1.29, 1.82) is 0 Å². The van der Waals surface area contributed by atoms with Crippen molar-refractivity contribution < 1.29 is 17.9 Å². The number of hydrogen-bond donors (Lipinski definition) is 1. The van der Waals surface area contributed by atoms with Crippen molar-refractivity contribution in [3.8, 4) is 0 Å². The third-order valence-electron chi connectivity index (χ3n) is 1.49. The third-order valence-corrected chi connectivity index (χ3v) is 1.49. The Balaban J connectivity index is 3.37. The van der Waals surface area contributed by atoms with Crippen LogP contribution in [0.5, 0.6) is 0 Å². The molecule has 12 heavy (non-hydrogen) atoms. The summed E-state index contributed by atoms with van der Waals surface area (Å²) >= 11 is 0. The van der Waals surface area contributed by atoms with Gasteiger partial charge in [-0.1, -0.05) is 0 Å². The topological polar surface area (TPSA) is 35.2 Å².